The van der Waals surface area contributed by atoms with E-state index in [1.54, 1.807) is 4.90 Å². The number of aryl methyl sites for hydroxylation is 1. The van der Waals surface area contributed by atoms with Crippen LogP contribution >= 0.6 is 0 Å². The van der Waals surface area contributed by atoms with Crippen molar-refractivity contribution in [3.63, 3.8) is 0 Å². The lowest BCUT2D eigenvalue weighted by atomic mass is 10.2. The van der Waals surface area contributed by atoms with Crippen molar-refractivity contribution in [1.82, 2.24) is 19.4 Å². The zero-order chi connectivity index (χ0) is 16.8. The monoisotopic (exact) mass is 317 g/mol. The van der Waals surface area contributed by atoms with E-state index in [0.717, 1.165) is 23.0 Å². The first kappa shape index (κ1) is 15.6. The molecule has 7 heteroatoms. The second-order valence-electron chi connectivity index (χ2n) is 7.05. The summed E-state index contributed by atoms with van der Waals surface area (Å²) in [5, 5.41) is 0.892. The molecular formula is C16H23N5O2. The van der Waals surface area contributed by atoms with E-state index in [-0.39, 0.29) is 12.1 Å². The van der Waals surface area contributed by atoms with Crippen molar-refractivity contribution in [2.24, 2.45) is 0 Å². The van der Waals surface area contributed by atoms with Gasteiger partial charge in [0.15, 0.2) is 0 Å². The Morgan fingerprint density at radius 3 is 2.83 bits per heavy atom. The smallest absolute Gasteiger partial charge is 0.410 e. The molecule has 3 heterocycles. The lowest BCUT2D eigenvalue weighted by Crippen LogP contribution is -2.35. The van der Waals surface area contributed by atoms with Gasteiger partial charge in [-0.15, -0.1) is 0 Å². The van der Waals surface area contributed by atoms with Gasteiger partial charge in [-0.2, -0.15) is 0 Å². The van der Waals surface area contributed by atoms with Gasteiger partial charge in [0.2, 0.25) is 0 Å². The van der Waals surface area contributed by atoms with Gasteiger partial charge in [-0.3, -0.25) is 0 Å². The van der Waals surface area contributed by atoms with Gasteiger partial charge in [-0.1, -0.05) is 0 Å². The molecule has 1 saturated heterocycles. The highest BCUT2D eigenvalue weighted by atomic mass is 16.6. The molecule has 1 atom stereocenters. The molecular weight excluding hydrogens is 294 g/mol. The Morgan fingerprint density at radius 2 is 2.13 bits per heavy atom. The number of nitrogens with zero attached hydrogens (tertiary/aromatic N) is 4. The Labute approximate surface area is 135 Å². The molecule has 124 valence electrons. The number of ether oxygens (including phenoxy) is 1. The van der Waals surface area contributed by atoms with E-state index >= 15 is 0 Å². The van der Waals surface area contributed by atoms with E-state index in [0.29, 0.717) is 18.9 Å². The molecule has 2 N–H and O–H groups in total. The summed E-state index contributed by atoms with van der Waals surface area (Å²) < 4.78 is 7.55. The number of rotatable bonds is 1. The zero-order valence-electron chi connectivity index (χ0n) is 14.0. The van der Waals surface area contributed by atoms with Gasteiger partial charge in [-0.25, -0.2) is 14.8 Å². The molecule has 1 unspecified atom stereocenters. The number of carbonyl (C=O) groups excluding carboxylic acids is 1. The summed E-state index contributed by atoms with van der Waals surface area (Å²) in [7, 11) is 0. The summed E-state index contributed by atoms with van der Waals surface area (Å²) >= 11 is 0. The highest BCUT2D eigenvalue weighted by molar-refractivity contribution is 5.89. The zero-order valence-corrected chi connectivity index (χ0v) is 14.0. The largest absolute Gasteiger partial charge is 0.444 e. The second-order valence-corrected chi connectivity index (χ2v) is 7.05. The minimum atomic E-state index is -0.479. The Bertz CT molecular complexity index is 747. The second kappa shape index (κ2) is 5.40. The van der Waals surface area contributed by atoms with Crippen molar-refractivity contribution in [3.8, 4) is 0 Å². The minimum Gasteiger partial charge on any atom is -0.444 e. The first-order valence-corrected chi connectivity index (χ1v) is 7.82. The fourth-order valence-electron chi connectivity index (χ4n) is 3.04. The average Bonchev–Trinajstić information content (AvgIpc) is 3.02. The number of carbonyl (C=O) groups is 1. The third kappa shape index (κ3) is 2.95. The van der Waals surface area contributed by atoms with Crippen molar-refractivity contribution in [1.29, 1.82) is 0 Å². The highest BCUT2D eigenvalue weighted by Crippen LogP contribution is 2.30. The van der Waals surface area contributed by atoms with Crippen LogP contribution in [0.1, 0.15) is 38.8 Å². The average molecular weight is 317 g/mol. The van der Waals surface area contributed by atoms with Crippen LogP contribution in [0.2, 0.25) is 0 Å². The van der Waals surface area contributed by atoms with E-state index in [1.165, 1.54) is 6.33 Å². The van der Waals surface area contributed by atoms with Crippen LogP contribution in [-0.2, 0) is 4.74 Å². The van der Waals surface area contributed by atoms with Crippen LogP contribution in [0.3, 0.4) is 0 Å². The van der Waals surface area contributed by atoms with Gasteiger partial charge in [0.25, 0.3) is 0 Å². The highest BCUT2D eigenvalue weighted by Gasteiger charge is 2.31. The predicted molar refractivity (Wildman–Crippen MR) is 88.1 cm³/mol. The molecule has 1 aliphatic rings. The van der Waals surface area contributed by atoms with Crippen LogP contribution in [0.4, 0.5) is 10.6 Å². The lowest BCUT2D eigenvalue weighted by molar-refractivity contribution is 0.0289. The summed E-state index contributed by atoms with van der Waals surface area (Å²) in [6.07, 6.45) is 4.13. The molecule has 1 amide bonds. The van der Waals surface area contributed by atoms with E-state index in [2.05, 4.69) is 14.5 Å². The maximum atomic E-state index is 12.2. The van der Waals surface area contributed by atoms with Gasteiger partial charge in [0.05, 0.1) is 11.4 Å². The fourth-order valence-corrected chi connectivity index (χ4v) is 3.04. The third-order valence-electron chi connectivity index (χ3n) is 4.04. The molecule has 0 aromatic carbocycles. The van der Waals surface area contributed by atoms with Crippen molar-refractivity contribution >= 4 is 22.9 Å². The molecule has 1 fully saturated rings. The van der Waals surface area contributed by atoms with Gasteiger partial charge in [0, 0.05) is 19.3 Å². The van der Waals surface area contributed by atoms with Crippen LogP contribution in [0.15, 0.2) is 12.5 Å². The first-order valence-electron chi connectivity index (χ1n) is 7.82. The van der Waals surface area contributed by atoms with Gasteiger partial charge in [-0.05, 0) is 39.7 Å². The summed E-state index contributed by atoms with van der Waals surface area (Å²) in [6.45, 7) is 8.92. The van der Waals surface area contributed by atoms with Crippen LogP contribution in [0, 0.1) is 6.92 Å². The maximum absolute atomic E-state index is 12.2. The van der Waals surface area contributed by atoms with Gasteiger partial charge in [0.1, 0.15) is 23.4 Å². The van der Waals surface area contributed by atoms with E-state index in [4.69, 9.17) is 10.5 Å². The van der Waals surface area contributed by atoms with Crippen molar-refractivity contribution in [3.05, 3.63) is 18.1 Å². The molecule has 0 saturated carbocycles. The Hall–Kier alpha value is -2.31. The van der Waals surface area contributed by atoms with Crippen LogP contribution in [-0.4, -0.2) is 44.2 Å². The normalized spacial score (nSPS) is 18.6. The third-order valence-corrected chi connectivity index (χ3v) is 4.04. The maximum Gasteiger partial charge on any atom is 0.410 e. The first-order chi connectivity index (χ1) is 10.8. The molecule has 0 radical (unpaired) electrons. The number of anilines is 1. The van der Waals surface area contributed by atoms with E-state index in [9.17, 15) is 4.79 Å². The lowest BCUT2D eigenvalue weighted by Gasteiger charge is -2.24. The molecule has 7 nitrogen and oxygen atoms in total. The van der Waals surface area contributed by atoms with Crippen molar-refractivity contribution in [2.45, 2.75) is 45.8 Å². The number of aromatic nitrogens is 3. The number of likely N-dealkylation sites (tertiary alicyclic amines) is 1. The summed E-state index contributed by atoms with van der Waals surface area (Å²) in [6, 6.07) is 0.174. The van der Waals surface area contributed by atoms with E-state index < -0.39 is 5.60 Å². The van der Waals surface area contributed by atoms with Crippen LogP contribution in [0.5, 0.6) is 0 Å². The molecule has 0 bridgehead atoms. The SMILES string of the molecule is Cc1cn(C2CCN(C(=O)OC(C)(C)C)C2)c2ncnc(N)c12. The van der Waals surface area contributed by atoms with Gasteiger partial charge >= 0.3 is 6.09 Å². The van der Waals surface area contributed by atoms with Crippen LogP contribution in [0.25, 0.3) is 11.0 Å². The number of hydrogen-bond acceptors (Lipinski definition) is 5. The van der Waals surface area contributed by atoms with E-state index in [1.807, 2.05) is 33.9 Å². The predicted octanol–water partition coefficient (Wildman–Crippen LogP) is 2.50. The Morgan fingerprint density at radius 1 is 1.39 bits per heavy atom. The molecule has 3 rings (SSSR count). The quantitative estimate of drug-likeness (QED) is 0.873. The van der Waals surface area contributed by atoms with Crippen molar-refractivity contribution < 1.29 is 9.53 Å². The standard InChI is InChI=1S/C16H23N5O2/c1-10-7-21(14-12(10)13(17)18-9-19-14)11-5-6-20(8-11)15(22)23-16(2,3)4/h7,9,11H,5-6,8H2,1-4H3,(H2,17,18,19). The molecule has 1 aliphatic heterocycles. The number of nitrogen functional groups attached to an aromatic ring is 1. The van der Waals surface area contributed by atoms with Crippen LogP contribution < -0.4 is 5.73 Å². The summed E-state index contributed by atoms with van der Waals surface area (Å²) in [5.74, 6) is 0.494. The van der Waals surface area contributed by atoms with Gasteiger partial charge < -0.3 is 19.9 Å². The molecule has 0 aliphatic carbocycles. The Balaban J connectivity index is 1.83. The summed E-state index contributed by atoms with van der Waals surface area (Å²) in [4.78, 5) is 22.4. The number of hydrogen-bond donors (Lipinski definition) is 1. The number of fused-ring (bicyclic) bond motifs is 1. The fraction of sp³-hybridized carbons (Fsp3) is 0.562. The minimum absolute atomic E-state index is 0.174. The molecule has 2 aromatic rings. The molecule has 0 spiro atoms. The Kier molecular flexibility index (Phi) is 3.66. The molecule has 23 heavy (non-hydrogen) atoms. The number of amides is 1. The van der Waals surface area contributed by atoms with Crippen molar-refractivity contribution in [2.75, 3.05) is 18.8 Å². The number of nitrogens with two attached hydrogens (primary N) is 1. The summed E-state index contributed by atoms with van der Waals surface area (Å²) in [5.41, 5.74) is 7.36. The topological polar surface area (TPSA) is 86.3 Å². The molecule has 2 aromatic heterocycles.